The van der Waals surface area contributed by atoms with E-state index in [-0.39, 0.29) is 24.5 Å². The maximum absolute atomic E-state index is 12.8. The third kappa shape index (κ3) is 3.67. The van der Waals surface area contributed by atoms with E-state index in [0.29, 0.717) is 5.39 Å². The lowest BCUT2D eigenvalue weighted by molar-refractivity contribution is -0.597. The van der Waals surface area contributed by atoms with Crippen LogP contribution in [0.1, 0.15) is 40.3 Å². The zero-order chi connectivity index (χ0) is 19.4. The number of hydrogen-bond donors (Lipinski definition) is 0. The van der Waals surface area contributed by atoms with E-state index in [1.165, 1.54) is 0 Å². The Labute approximate surface area is 158 Å². The first-order chi connectivity index (χ1) is 13.1. The summed E-state index contributed by atoms with van der Waals surface area (Å²) in [4.78, 5) is 25.6. The standard InChI is InChI=1S/C22H22NO4/c1-4-26-21(24)19-18-9-7-6-8-16(18)14-23(20(19)22(25)27-5-2)17-12-10-15(3)11-13-17/h6-14H,4-5H2,1-3H3/q+1. The number of aromatic nitrogens is 1. The quantitative estimate of drug-likeness (QED) is 0.511. The number of carbonyl (C=O) groups excluding carboxylic acids is 2. The second kappa shape index (κ2) is 7.99. The van der Waals surface area contributed by atoms with Crippen molar-refractivity contribution < 1.29 is 23.6 Å². The van der Waals surface area contributed by atoms with Crippen molar-refractivity contribution in [2.75, 3.05) is 13.2 Å². The average Bonchev–Trinajstić information content (AvgIpc) is 2.67. The van der Waals surface area contributed by atoms with E-state index < -0.39 is 11.9 Å². The van der Waals surface area contributed by atoms with Gasteiger partial charge in [0, 0.05) is 22.9 Å². The average molecular weight is 364 g/mol. The molecule has 0 aliphatic carbocycles. The van der Waals surface area contributed by atoms with Crippen LogP contribution in [0.5, 0.6) is 0 Å². The molecule has 0 aliphatic heterocycles. The van der Waals surface area contributed by atoms with Gasteiger partial charge in [0.1, 0.15) is 5.56 Å². The van der Waals surface area contributed by atoms with Crippen molar-refractivity contribution in [2.24, 2.45) is 0 Å². The van der Waals surface area contributed by atoms with Gasteiger partial charge in [0.15, 0.2) is 6.20 Å². The Hall–Kier alpha value is -3.21. The SMILES string of the molecule is CCOC(=O)c1c(C(=O)OCC)[n+](-c2ccc(C)cc2)cc2ccccc12. The molecule has 138 valence electrons. The summed E-state index contributed by atoms with van der Waals surface area (Å²) in [7, 11) is 0. The summed E-state index contributed by atoms with van der Waals surface area (Å²) < 4.78 is 12.2. The molecule has 0 saturated carbocycles. The molecular formula is C22H22NO4+. The zero-order valence-corrected chi connectivity index (χ0v) is 15.7. The predicted octanol–water partition coefficient (Wildman–Crippen LogP) is 3.78. The topological polar surface area (TPSA) is 56.5 Å². The molecule has 5 nitrogen and oxygen atoms in total. The van der Waals surface area contributed by atoms with Gasteiger partial charge in [-0.1, -0.05) is 35.9 Å². The first kappa shape index (κ1) is 18.6. The summed E-state index contributed by atoms with van der Waals surface area (Å²) in [5, 5.41) is 1.48. The molecule has 0 saturated heterocycles. The monoisotopic (exact) mass is 364 g/mol. The van der Waals surface area contributed by atoms with Gasteiger partial charge in [-0.05, 0) is 26.8 Å². The largest absolute Gasteiger partial charge is 0.462 e. The third-order valence-electron chi connectivity index (χ3n) is 4.24. The number of nitrogens with zero attached hydrogens (tertiary/aromatic N) is 1. The molecule has 0 radical (unpaired) electrons. The third-order valence-corrected chi connectivity index (χ3v) is 4.24. The maximum Gasteiger partial charge on any atom is 0.405 e. The number of rotatable bonds is 5. The molecule has 1 aromatic heterocycles. The molecule has 5 heteroatoms. The molecule has 0 N–H and O–H groups in total. The number of aryl methyl sites for hydroxylation is 1. The second-order valence-corrected chi connectivity index (χ2v) is 6.09. The number of fused-ring (bicyclic) bond motifs is 1. The summed E-state index contributed by atoms with van der Waals surface area (Å²) in [6.07, 6.45) is 1.84. The first-order valence-corrected chi connectivity index (χ1v) is 8.95. The number of hydrogen-bond acceptors (Lipinski definition) is 4. The second-order valence-electron chi connectivity index (χ2n) is 6.09. The summed E-state index contributed by atoms with van der Waals surface area (Å²) in [5.41, 5.74) is 2.25. The molecule has 0 spiro atoms. The highest BCUT2D eigenvalue weighted by Gasteiger charge is 2.34. The summed E-state index contributed by atoms with van der Waals surface area (Å²) in [6.45, 7) is 5.89. The molecule has 1 heterocycles. The Bertz CT molecular complexity index is 993. The Morgan fingerprint density at radius 2 is 1.52 bits per heavy atom. The van der Waals surface area contributed by atoms with Crippen LogP contribution in [0.25, 0.3) is 16.5 Å². The van der Waals surface area contributed by atoms with Crippen molar-refractivity contribution in [3.8, 4) is 5.69 Å². The molecule has 27 heavy (non-hydrogen) atoms. The van der Waals surface area contributed by atoms with Crippen LogP contribution >= 0.6 is 0 Å². The van der Waals surface area contributed by atoms with Gasteiger partial charge < -0.3 is 9.47 Å². The lowest BCUT2D eigenvalue weighted by atomic mass is 10.0. The molecule has 0 aliphatic rings. The van der Waals surface area contributed by atoms with Gasteiger partial charge in [0.25, 0.3) is 0 Å². The molecule has 3 aromatic rings. The highest BCUT2D eigenvalue weighted by atomic mass is 16.5. The van der Waals surface area contributed by atoms with Gasteiger partial charge >= 0.3 is 17.6 Å². The van der Waals surface area contributed by atoms with Crippen LogP contribution in [0.15, 0.2) is 54.7 Å². The van der Waals surface area contributed by atoms with E-state index in [4.69, 9.17) is 9.47 Å². The molecule has 0 fully saturated rings. The highest BCUT2D eigenvalue weighted by Crippen LogP contribution is 2.23. The van der Waals surface area contributed by atoms with Gasteiger partial charge in [-0.15, -0.1) is 0 Å². The summed E-state index contributed by atoms with van der Waals surface area (Å²) in [6, 6.07) is 15.1. The Kier molecular flexibility index (Phi) is 5.50. The van der Waals surface area contributed by atoms with E-state index >= 15 is 0 Å². The summed E-state index contributed by atoms with van der Waals surface area (Å²) >= 11 is 0. The van der Waals surface area contributed by atoms with Crippen LogP contribution in [0, 0.1) is 6.92 Å². The van der Waals surface area contributed by atoms with E-state index in [1.807, 2.05) is 61.7 Å². The van der Waals surface area contributed by atoms with Gasteiger partial charge in [-0.3, -0.25) is 0 Å². The van der Waals surface area contributed by atoms with E-state index in [2.05, 4.69) is 0 Å². The van der Waals surface area contributed by atoms with E-state index in [1.54, 1.807) is 18.4 Å². The molecule has 0 atom stereocenters. The van der Waals surface area contributed by atoms with Crippen molar-refractivity contribution in [3.05, 3.63) is 71.5 Å². The van der Waals surface area contributed by atoms with Crippen LogP contribution in [-0.4, -0.2) is 25.2 Å². The van der Waals surface area contributed by atoms with Crippen molar-refractivity contribution in [1.29, 1.82) is 0 Å². The van der Waals surface area contributed by atoms with Gasteiger partial charge in [-0.2, -0.15) is 4.57 Å². The van der Waals surface area contributed by atoms with Gasteiger partial charge in [0.2, 0.25) is 5.69 Å². The number of esters is 2. The molecule has 2 aromatic carbocycles. The number of ether oxygens (including phenoxy) is 2. The number of pyridine rings is 1. The fraction of sp³-hybridized carbons (Fsp3) is 0.227. The van der Waals surface area contributed by atoms with Crippen LogP contribution in [0.2, 0.25) is 0 Å². The lowest BCUT2D eigenvalue weighted by Gasteiger charge is -2.11. The van der Waals surface area contributed by atoms with Crippen LogP contribution in [0.3, 0.4) is 0 Å². The molecular weight excluding hydrogens is 342 g/mol. The Morgan fingerprint density at radius 1 is 0.889 bits per heavy atom. The highest BCUT2D eigenvalue weighted by molar-refractivity contribution is 6.10. The van der Waals surface area contributed by atoms with Crippen LogP contribution in [0.4, 0.5) is 0 Å². The molecule has 3 rings (SSSR count). The number of carbonyl (C=O) groups is 2. The smallest absolute Gasteiger partial charge is 0.405 e. The minimum Gasteiger partial charge on any atom is -0.462 e. The van der Waals surface area contributed by atoms with Crippen molar-refractivity contribution >= 4 is 22.7 Å². The van der Waals surface area contributed by atoms with Crippen LogP contribution < -0.4 is 4.57 Å². The Balaban J connectivity index is 2.39. The van der Waals surface area contributed by atoms with Gasteiger partial charge in [-0.25, -0.2) is 9.59 Å². The van der Waals surface area contributed by atoms with E-state index in [0.717, 1.165) is 16.6 Å². The minimum absolute atomic E-state index is 0.165. The lowest BCUT2D eigenvalue weighted by Crippen LogP contribution is -2.41. The maximum atomic E-state index is 12.8. The van der Waals surface area contributed by atoms with Gasteiger partial charge in [0.05, 0.1) is 13.2 Å². The first-order valence-electron chi connectivity index (χ1n) is 8.95. The fourth-order valence-electron chi connectivity index (χ4n) is 3.01. The predicted molar refractivity (Wildman–Crippen MR) is 102 cm³/mol. The van der Waals surface area contributed by atoms with Crippen molar-refractivity contribution in [3.63, 3.8) is 0 Å². The molecule has 0 bridgehead atoms. The molecule has 0 unspecified atom stereocenters. The normalized spacial score (nSPS) is 10.6. The van der Waals surface area contributed by atoms with Crippen LogP contribution in [-0.2, 0) is 9.47 Å². The summed E-state index contributed by atoms with van der Waals surface area (Å²) in [5.74, 6) is -1.11. The zero-order valence-electron chi connectivity index (χ0n) is 15.7. The minimum atomic E-state index is -0.563. The van der Waals surface area contributed by atoms with E-state index in [9.17, 15) is 9.59 Å². The molecule has 0 amide bonds. The fourth-order valence-corrected chi connectivity index (χ4v) is 3.01. The number of benzene rings is 2. The van der Waals surface area contributed by atoms with Crippen molar-refractivity contribution in [1.82, 2.24) is 0 Å². The Morgan fingerprint density at radius 3 is 2.19 bits per heavy atom. The van der Waals surface area contributed by atoms with Crippen molar-refractivity contribution in [2.45, 2.75) is 20.8 Å².